The lowest BCUT2D eigenvalue weighted by molar-refractivity contribution is -0.171. The number of carbonyl (C=O) groups is 2. The fourth-order valence-electron chi connectivity index (χ4n) is 3.64. The van der Waals surface area contributed by atoms with Crippen LogP contribution < -0.4 is 15.4 Å². The van der Waals surface area contributed by atoms with Crippen LogP contribution in [0.3, 0.4) is 0 Å². The van der Waals surface area contributed by atoms with Gasteiger partial charge in [-0.2, -0.15) is 13.2 Å². The van der Waals surface area contributed by atoms with Crippen LogP contribution in [0.5, 0.6) is 5.75 Å². The van der Waals surface area contributed by atoms with Gasteiger partial charge < -0.3 is 15.4 Å². The van der Waals surface area contributed by atoms with E-state index in [-0.39, 0.29) is 12.8 Å². The van der Waals surface area contributed by atoms with E-state index in [1.54, 1.807) is 24.3 Å². The number of methoxy groups -OCH3 is 1. The number of piperidine rings is 1. The highest BCUT2D eigenvalue weighted by Crippen LogP contribution is 2.32. The average molecular weight is 420 g/mol. The molecule has 0 aliphatic carbocycles. The van der Waals surface area contributed by atoms with E-state index in [0.29, 0.717) is 11.3 Å². The molecule has 2 aromatic rings. The Morgan fingerprint density at radius 2 is 1.90 bits per heavy atom. The van der Waals surface area contributed by atoms with Crippen molar-refractivity contribution in [3.63, 3.8) is 0 Å². The lowest BCUT2D eigenvalue weighted by Gasteiger charge is -2.31. The van der Waals surface area contributed by atoms with Crippen molar-refractivity contribution in [1.82, 2.24) is 10.6 Å². The van der Waals surface area contributed by atoms with Crippen molar-refractivity contribution in [2.24, 2.45) is 5.92 Å². The number of hydrogen-bond donors (Lipinski definition) is 2. The van der Waals surface area contributed by atoms with Crippen molar-refractivity contribution in [1.29, 1.82) is 0 Å². The Labute approximate surface area is 172 Å². The molecule has 1 heterocycles. The number of nitrogens with one attached hydrogen (secondary N) is 2. The molecule has 160 valence electrons. The Hall–Kier alpha value is -3.03. The first kappa shape index (κ1) is 21.7. The molecule has 3 unspecified atom stereocenters. The first-order valence-corrected chi connectivity index (χ1v) is 9.57. The summed E-state index contributed by atoms with van der Waals surface area (Å²) < 4.78 is 44.1. The van der Waals surface area contributed by atoms with Crippen molar-refractivity contribution in [2.75, 3.05) is 7.11 Å². The van der Waals surface area contributed by atoms with E-state index in [4.69, 9.17) is 4.74 Å². The molecule has 0 radical (unpaired) electrons. The summed E-state index contributed by atoms with van der Waals surface area (Å²) in [6, 6.07) is 12.1. The van der Waals surface area contributed by atoms with E-state index < -0.39 is 36.0 Å². The number of amides is 2. The van der Waals surface area contributed by atoms with Gasteiger partial charge in [0.2, 0.25) is 11.8 Å². The second-order valence-electron chi connectivity index (χ2n) is 7.33. The fraction of sp³-hybridized carbons (Fsp3) is 0.364. The average Bonchev–Trinajstić information content (AvgIpc) is 2.71. The quantitative estimate of drug-likeness (QED) is 0.726. The molecule has 0 aromatic heterocycles. The van der Waals surface area contributed by atoms with Crippen LogP contribution >= 0.6 is 0 Å². The van der Waals surface area contributed by atoms with Crippen LogP contribution in [0.25, 0.3) is 0 Å². The third-order valence-electron chi connectivity index (χ3n) is 5.20. The zero-order valence-corrected chi connectivity index (χ0v) is 16.6. The molecular weight excluding hydrogens is 397 g/mol. The van der Waals surface area contributed by atoms with E-state index in [0.717, 1.165) is 11.1 Å². The number of benzene rings is 2. The molecular formula is C22H23F3N2O3. The first-order valence-electron chi connectivity index (χ1n) is 9.57. The molecule has 2 aromatic carbocycles. The number of carbonyl (C=O) groups excluding carboxylic acids is 2. The van der Waals surface area contributed by atoms with Crippen LogP contribution in [-0.2, 0) is 9.59 Å². The maximum absolute atomic E-state index is 12.9. The summed E-state index contributed by atoms with van der Waals surface area (Å²) in [6.45, 7) is 1.91. The van der Waals surface area contributed by atoms with Gasteiger partial charge in [-0.1, -0.05) is 48.0 Å². The number of aryl methyl sites for hydroxylation is 1. The minimum atomic E-state index is -4.53. The van der Waals surface area contributed by atoms with Crippen LogP contribution in [0, 0.1) is 12.8 Å². The highest BCUT2D eigenvalue weighted by Gasteiger charge is 2.46. The van der Waals surface area contributed by atoms with E-state index in [2.05, 4.69) is 5.32 Å². The molecule has 0 spiro atoms. The van der Waals surface area contributed by atoms with Gasteiger partial charge in [-0.05, 0) is 31.4 Å². The highest BCUT2D eigenvalue weighted by molar-refractivity contribution is 6.01. The number of ether oxygens (including phenoxy) is 1. The van der Waals surface area contributed by atoms with E-state index in [9.17, 15) is 22.8 Å². The molecule has 3 atom stereocenters. The Morgan fingerprint density at radius 1 is 1.17 bits per heavy atom. The molecule has 1 aliphatic rings. The van der Waals surface area contributed by atoms with Crippen LogP contribution in [0.4, 0.5) is 13.2 Å². The second kappa shape index (κ2) is 8.77. The van der Waals surface area contributed by atoms with Gasteiger partial charge >= 0.3 is 6.18 Å². The summed E-state index contributed by atoms with van der Waals surface area (Å²) in [5, 5.41) is 4.77. The highest BCUT2D eigenvalue weighted by atomic mass is 19.4. The van der Waals surface area contributed by atoms with Crippen molar-refractivity contribution in [3.8, 4) is 5.75 Å². The molecule has 5 nitrogen and oxygen atoms in total. The molecule has 3 rings (SSSR count). The largest absolute Gasteiger partial charge is 0.496 e. The number of alkyl halides is 3. The maximum atomic E-state index is 12.9. The van der Waals surface area contributed by atoms with E-state index in [1.807, 2.05) is 36.5 Å². The monoisotopic (exact) mass is 420 g/mol. The van der Waals surface area contributed by atoms with Crippen LogP contribution in [0.2, 0.25) is 0 Å². The van der Waals surface area contributed by atoms with Gasteiger partial charge in [0, 0.05) is 5.56 Å². The van der Waals surface area contributed by atoms with Gasteiger partial charge in [0.05, 0.1) is 13.2 Å². The summed E-state index contributed by atoms with van der Waals surface area (Å²) in [4.78, 5) is 25.1. The number of halogens is 3. The molecule has 2 amide bonds. The molecule has 30 heavy (non-hydrogen) atoms. The number of rotatable bonds is 5. The standard InChI is InChI=1S/C22H23F3N2O3/c1-13-6-5-7-14(12-13)19(15-8-3-4-9-17(15)30-2)27-21(29)16-10-11-18(22(23,24)25)26-20(16)28/h3-9,12,16,18-19H,10-11H2,1-2H3,(H,26,28)(H,27,29). The normalized spacial score (nSPS) is 20.2. The smallest absolute Gasteiger partial charge is 0.408 e. The third kappa shape index (κ3) is 4.75. The Morgan fingerprint density at radius 3 is 2.53 bits per heavy atom. The minimum Gasteiger partial charge on any atom is -0.496 e. The topological polar surface area (TPSA) is 67.4 Å². The molecule has 1 saturated heterocycles. The van der Waals surface area contributed by atoms with Crippen molar-refractivity contribution in [2.45, 2.75) is 38.0 Å². The van der Waals surface area contributed by atoms with Gasteiger partial charge in [-0.3, -0.25) is 9.59 Å². The SMILES string of the molecule is COc1ccccc1C(NC(=O)C1CCC(C(F)(F)F)NC1=O)c1cccc(C)c1. The molecule has 0 saturated carbocycles. The Balaban J connectivity index is 1.87. The Kier molecular flexibility index (Phi) is 6.34. The van der Waals surface area contributed by atoms with E-state index in [1.165, 1.54) is 7.11 Å². The first-order chi connectivity index (χ1) is 14.2. The van der Waals surface area contributed by atoms with Crippen LogP contribution in [0.1, 0.15) is 35.6 Å². The zero-order chi connectivity index (χ0) is 21.9. The number of hydrogen-bond acceptors (Lipinski definition) is 3. The van der Waals surface area contributed by atoms with Gasteiger partial charge in [0.1, 0.15) is 17.7 Å². The van der Waals surface area contributed by atoms with Crippen LogP contribution in [0.15, 0.2) is 48.5 Å². The second-order valence-corrected chi connectivity index (χ2v) is 7.33. The van der Waals surface area contributed by atoms with Gasteiger partial charge in [0.15, 0.2) is 0 Å². The summed E-state index contributed by atoms with van der Waals surface area (Å²) in [6.07, 6.45) is -5.04. The van der Waals surface area contributed by atoms with Crippen molar-refractivity contribution >= 4 is 11.8 Å². The summed E-state index contributed by atoms with van der Waals surface area (Å²) in [7, 11) is 1.51. The molecule has 1 fully saturated rings. The molecule has 2 N–H and O–H groups in total. The summed E-state index contributed by atoms with van der Waals surface area (Å²) in [5.41, 5.74) is 2.44. The maximum Gasteiger partial charge on any atom is 0.408 e. The van der Waals surface area contributed by atoms with Crippen LogP contribution in [-0.4, -0.2) is 31.1 Å². The predicted octanol–water partition coefficient (Wildman–Crippen LogP) is 3.67. The third-order valence-corrected chi connectivity index (χ3v) is 5.20. The number of para-hydroxylation sites is 1. The minimum absolute atomic E-state index is 0.172. The van der Waals surface area contributed by atoms with Crippen molar-refractivity contribution in [3.05, 3.63) is 65.2 Å². The van der Waals surface area contributed by atoms with E-state index >= 15 is 0 Å². The molecule has 8 heteroatoms. The zero-order valence-electron chi connectivity index (χ0n) is 16.6. The van der Waals surface area contributed by atoms with Gasteiger partial charge in [-0.25, -0.2) is 0 Å². The lowest BCUT2D eigenvalue weighted by atomic mass is 9.91. The molecule has 1 aliphatic heterocycles. The summed E-state index contributed by atoms with van der Waals surface area (Å²) in [5.74, 6) is -2.17. The summed E-state index contributed by atoms with van der Waals surface area (Å²) >= 11 is 0. The molecule has 0 bridgehead atoms. The van der Waals surface area contributed by atoms with Crippen molar-refractivity contribution < 1.29 is 27.5 Å². The Bertz CT molecular complexity index is 930. The lowest BCUT2D eigenvalue weighted by Crippen LogP contribution is -2.54. The van der Waals surface area contributed by atoms with Gasteiger partial charge in [-0.15, -0.1) is 0 Å². The predicted molar refractivity (Wildman–Crippen MR) is 105 cm³/mol. The fourth-order valence-corrected chi connectivity index (χ4v) is 3.64. The van der Waals surface area contributed by atoms with Gasteiger partial charge in [0.25, 0.3) is 0 Å².